The van der Waals surface area contributed by atoms with Crippen molar-refractivity contribution in [2.45, 2.75) is 63.5 Å². The van der Waals surface area contributed by atoms with Gasteiger partial charge in [0, 0.05) is 31.2 Å². The zero-order valence-corrected chi connectivity index (χ0v) is 12.5. The summed E-state index contributed by atoms with van der Waals surface area (Å²) in [5, 5.41) is 3.92. The Morgan fingerprint density at radius 3 is 2.58 bits per heavy atom. The van der Waals surface area contributed by atoms with Crippen molar-refractivity contribution in [2.24, 2.45) is 11.8 Å². The Bertz CT molecular complexity index is 317. The van der Waals surface area contributed by atoms with E-state index in [0.717, 1.165) is 24.4 Å². The van der Waals surface area contributed by atoms with Crippen molar-refractivity contribution < 1.29 is 0 Å². The summed E-state index contributed by atoms with van der Waals surface area (Å²) in [6.45, 7) is 9.92. The minimum Gasteiger partial charge on any atom is -0.308 e. The van der Waals surface area contributed by atoms with E-state index in [1.807, 2.05) is 0 Å². The Hall–Kier alpha value is -0.340. The van der Waals surface area contributed by atoms with Crippen LogP contribution in [0.5, 0.6) is 0 Å². The number of piperazine rings is 1. The first-order valence-corrected chi connectivity index (χ1v) is 8.33. The normalized spacial score (nSPS) is 38.3. The smallest absolute Gasteiger partial charge is 0.0309 e. The van der Waals surface area contributed by atoms with Crippen molar-refractivity contribution in [1.29, 1.82) is 0 Å². The van der Waals surface area contributed by atoms with E-state index in [9.17, 15) is 0 Å². The Kier molecular flexibility index (Phi) is 4.00. The second-order valence-electron chi connectivity index (χ2n) is 7.26. The van der Waals surface area contributed by atoms with Crippen LogP contribution in [0.1, 0.15) is 51.9 Å². The molecule has 2 heteroatoms. The van der Waals surface area contributed by atoms with Crippen LogP contribution in [0, 0.1) is 11.8 Å². The molecule has 1 N–H and O–H groups in total. The van der Waals surface area contributed by atoms with Crippen LogP contribution in [-0.4, -0.2) is 36.1 Å². The molecule has 2 saturated carbocycles. The minimum atomic E-state index is 0.369. The van der Waals surface area contributed by atoms with Gasteiger partial charge in [0.25, 0.3) is 0 Å². The van der Waals surface area contributed by atoms with E-state index in [2.05, 4.69) is 29.8 Å². The Morgan fingerprint density at radius 1 is 1.21 bits per heavy atom. The fraction of sp³-hybridized carbons (Fsp3) is 0.882. The lowest BCUT2D eigenvalue weighted by Crippen LogP contribution is -2.65. The van der Waals surface area contributed by atoms with Crippen molar-refractivity contribution in [1.82, 2.24) is 10.2 Å². The predicted octanol–water partition coefficient (Wildman–Crippen LogP) is 3.20. The first-order valence-electron chi connectivity index (χ1n) is 8.33. The Labute approximate surface area is 118 Å². The van der Waals surface area contributed by atoms with Crippen molar-refractivity contribution in [3.63, 3.8) is 0 Å². The quantitative estimate of drug-likeness (QED) is 0.783. The molecule has 0 aromatic carbocycles. The Balaban J connectivity index is 1.67. The first-order chi connectivity index (χ1) is 9.23. The average molecular weight is 262 g/mol. The number of hydrogen-bond acceptors (Lipinski definition) is 2. The Morgan fingerprint density at radius 2 is 1.95 bits per heavy atom. The highest BCUT2D eigenvalue weighted by atomic mass is 15.3. The second-order valence-corrected chi connectivity index (χ2v) is 7.26. The first kappa shape index (κ1) is 13.6. The van der Waals surface area contributed by atoms with E-state index >= 15 is 0 Å². The average Bonchev–Trinajstić information content (AvgIpc) is 3.25. The highest BCUT2D eigenvalue weighted by molar-refractivity contribution is 5.05. The summed E-state index contributed by atoms with van der Waals surface area (Å²) in [5.74, 6) is 1.84. The molecule has 2 nitrogen and oxygen atoms in total. The standard InChI is InChI=1S/C17H30N2/c1-3-11-19-13-17(2,15-9-10-15)18-12-16(19)14-7-5-4-6-8-14/h3,14-16,18H,1,4-13H2,2H3. The molecule has 2 aliphatic carbocycles. The molecule has 3 rings (SSSR count). The maximum Gasteiger partial charge on any atom is 0.0309 e. The van der Waals surface area contributed by atoms with Gasteiger partial charge >= 0.3 is 0 Å². The lowest BCUT2D eigenvalue weighted by molar-refractivity contribution is 0.0429. The third-order valence-corrected chi connectivity index (χ3v) is 5.75. The summed E-state index contributed by atoms with van der Waals surface area (Å²) < 4.78 is 0. The van der Waals surface area contributed by atoms with E-state index in [-0.39, 0.29) is 0 Å². The SMILES string of the molecule is C=CCN1CC(C)(C2CC2)NCC1C1CCCCC1. The molecule has 2 atom stereocenters. The molecule has 1 aliphatic heterocycles. The monoisotopic (exact) mass is 262 g/mol. The van der Waals surface area contributed by atoms with E-state index < -0.39 is 0 Å². The van der Waals surface area contributed by atoms with Gasteiger partial charge in [-0.25, -0.2) is 0 Å². The lowest BCUT2D eigenvalue weighted by Gasteiger charge is -2.49. The zero-order chi connectivity index (χ0) is 13.3. The fourth-order valence-corrected chi connectivity index (χ4v) is 4.41. The van der Waals surface area contributed by atoms with Gasteiger partial charge in [0.05, 0.1) is 0 Å². The largest absolute Gasteiger partial charge is 0.308 e. The number of nitrogens with zero attached hydrogens (tertiary/aromatic N) is 1. The van der Waals surface area contributed by atoms with Gasteiger partial charge in [0.2, 0.25) is 0 Å². The van der Waals surface area contributed by atoms with Gasteiger partial charge in [-0.2, -0.15) is 0 Å². The highest BCUT2D eigenvalue weighted by Crippen LogP contribution is 2.42. The highest BCUT2D eigenvalue weighted by Gasteiger charge is 2.46. The summed E-state index contributed by atoms with van der Waals surface area (Å²) in [7, 11) is 0. The van der Waals surface area contributed by atoms with Gasteiger partial charge in [-0.05, 0) is 44.4 Å². The molecule has 1 heterocycles. The van der Waals surface area contributed by atoms with Crippen LogP contribution < -0.4 is 5.32 Å². The molecule has 0 aromatic rings. The summed E-state index contributed by atoms with van der Waals surface area (Å²) in [5.41, 5.74) is 0.369. The van der Waals surface area contributed by atoms with Gasteiger partial charge in [0.15, 0.2) is 0 Å². The maximum atomic E-state index is 3.98. The minimum absolute atomic E-state index is 0.369. The van der Waals surface area contributed by atoms with E-state index in [4.69, 9.17) is 0 Å². The van der Waals surface area contributed by atoms with Crippen LogP contribution in [0.3, 0.4) is 0 Å². The number of nitrogens with one attached hydrogen (secondary N) is 1. The van der Waals surface area contributed by atoms with Gasteiger partial charge < -0.3 is 5.32 Å². The molecule has 0 aromatic heterocycles. The van der Waals surface area contributed by atoms with Crippen molar-refractivity contribution in [2.75, 3.05) is 19.6 Å². The zero-order valence-electron chi connectivity index (χ0n) is 12.5. The summed E-state index contributed by atoms with van der Waals surface area (Å²) in [6, 6.07) is 0.755. The van der Waals surface area contributed by atoms with Gasteiger partial charge in [-0.1, -0.05) is 25.3 Å². The van der Waals surface area contributed by atoms with Crippen LogP contribution in [0.25, 0.3) is 0 Å². The summed E-state index contributed by atoms with van der Waals surface area (Å²) in [6.07, 6.45) is 12.2. The van der Waals surface area contributed by atoms with Gasteiger partial charge in [0.1, 0.15) is 0 Å². The molecule has 3 fully saturated rings. The molecule has 19 heavy (non-hydrogen) atoms. The topological polar surface area (TPSA) is 15.3 Å². The molecule has 2 unspecified atom stereocenters. The van der Waals surface area contributed by atoms with Crippen LogP contribution in [0.15, 0.2) is 12.7 Å². The third kappa shape index (κ3) is 2.90. The van der Waals surface area contributed by atoms with Crippen molar-refractivity contribution >= 4 is 0 Å². The maximum absolute atomic E-state index is 3.98. The molecular weight excluding hydrogens is 232 g/mol. The van der Waals surface area contributed by atoms with Crippen LogP contribution in [0.2, 0.25) is 0 Å². The molecular formula is C17H30N2. The van der Waals surface area contributed by atoms with Gasteiger partial charge in [-0.15, -0.1) is 6.58 Å². The molecule has 0 bridgehead atoms. The predicted molar refractivity (Wildman–Crippen MR) is 81.3 cm³/mol. The molecule has 1 saturated heterocycles. The van der Waals surface area contributed by atoms with Gasteiger partial charge in [-0.3, -0.25) is 4.90 Å². The molecule has 108 valence electrons. The fourth-order valence-electron chi connectivity index (χ4n) is 4.41. The molecule has 0 radical (unpaired) electrons. The van der Waals surface area contributed by atoms with Crippen LogP contribution >= 0.6 is 0 Å². The van der Waals surface area contributed by atoms with E-state index in [1.54, 1.807) is 0 Å². The van der Waals surface area contributed by atoms with Crippen LogP contribution in [-0.2, 0) is 0 Å². The van der Waals surface area contributed by atoms with Crippen molar-refractivity contribution in [3.05, 3.63) is 12.7 Å². The summed E-state index contributed by atoms with van der Waals surface area (Å²) in [4.78, 5) is 2.73. The summed E-state index contributed by atoms with van der Waals surface area (Å²) >= 11 is 0. The number of rotatable bonds is 4. The van der Waals surface area contributed by atoms with E-state index in [1.165, 1.54) is 58.0 Å². The third-order valence-electron chi connectivity index (χ3n) is 5.75. The van der Waals surface area contributed by atoms with Crippen molar-refractivity contribution in [3.8, 4) is 0 Å². The second kappa shape index (κ2) is 5.57. The number of hydrogen-bond donors (Lipinski definition) is 1. The molecule has 3 aliphatic rings. The van der Waals surface area contributed by atoms with E-state index in [0.29, 0.717) is 5.54 Å². The molecule has 0 spiro atoms. The van der Waals surface area contributed by atoms with Crippen LogP contribution in [0.4, 0.5) is 0 Å². The molecule has 0 amide bonds. The lowest BCUT2D eigenvalue weighted by atomic mass is 9.80.